The van der Waals surface area contributed by atoms with E-state index in [1.807, 2.05) is 72.0 Å². The highest BCUT2D eigenvalue weighted by atomic mass is 32.1. The number of aromatic nitrogens is 3. The summed E-state index contributed by atoms with van der Waals surface area (Å²) in [5.41, 5.74) is 15.5. The van der Waals surface area contributed by atoms with Crippen LogP contribution < -0.4 is 0 Å². The number of thiophene rings is 1. The molecule has 0 saturated heterocycles. The van der Waals surface area contributed by atoms with Crippen LogP contribution in [-0.4, -0.2) is 15.0 Å². The maximum Gasteiger partial charge on any atom is 0.164 e. The second-order valence-electron chi connectivity index (χ2n) is 13.9. The highest BCUT2D eigenvalue weighted by Gasteiger charge is 2.54. The molecular formula is C50H31N3S. The van der Waals surface area contributed by atoms with Crippen molar-refractivity contribution >= 4 is 11.3 Å². The molecule has 0 amide bonds. The molecule has 2 aliphatic rings. The summed E-state index contributed by atoms with van der Waals surface area (Å²) in [5.74, 6) is 1.97. The lowest BCUT2D eigenvalue weighted by Gasteiger charge is -2.31. The lowest BCUT2D eigenvalue weighted by Crippen LogP contribution is -2.26. The van der Waals surface area contributed by atoms with E-state index in [0.29, 0.717) is 17.5 Å². The fraction of sp³-hybridized carbons (Fsp3) is 0.0200. The van der Waals surface area contributed by atoms with Gasteiger partial charge in [0, 0.05) is 32.0 Å². The Balaban J connectivity index is 1.13. The van der Waals surface area contributed by atoms with Crippen molar-refractivity contribution in [2.24, 2.45) is 0 Å². The minimum atomic E-state index is -0.425. The van der Waals surface area contributed by atoms with Crippen molar-refractivity contribution in [2.45, 2.75) is 5.41 Å². The summed E-state index contributed by atoms with van der Waals surface area (Å²) in [6.07, 6.45) is 0. The zero-order chi connectivity index (χ0) is 35.6. The third-order valence-corrected chi connectivity index (χ3v) is 12.3. The average Bonchev–Trinajstić information content (AvgIpc) is 3.89. The number of hydrogen-bond acceptors (Lipinski definition) is 4. The van der Waals surface area contributed by atoms with Gasteiger partial charge in [-0.2, -0.15) is 0 Å². The van der Waals surface area contributed by atoms with Gasteiger partial charge in [-0.05, 0) is 50.1 Å². The molecule has 252 valence electrons. The summed E-state index contributed by atoms with van der Waals surface area (Å²) in [6, 6.07) is 67.2. The lowest BCUT2D eigenvalue weighted by molar-refractivity contribution is 0.798. The van der Waals surface area contributed by atoms with Gasteiger partial charge in [0.2, 0.25) is 0 Å². The van der Waals surface area contributed by atoms with Gasteiger partial charge in [-0.25, -0.2) is 15.0 Å². The predicted molar refractivity (Wildman–Crippen MR) is 221 cm³/mol. The third-order valence-electron chi connectivity index (χ3n) is 11.0. The van der Waals surface area contributed by atoms with Crippen LogP contribution >= 0.6 is 11.3 Å². The minimum absolute atomic E-state index is 0.425. The molecule has 2 aliphatic carbocycles. The molecule has 4 heteroatoms. The molecule has 0 aliphatic heterocycles. The summed E-state index contributed by atoms with van der Waals surface area (Å²) in [5, 5.41) is 0. The Labute approximate surface area is 318 Å². The maximum absolute atomic E-state index is 5.00. The lowest BCUT2D eigenvalue weighted by atomic mass is 9.70. The van der Waals surface area contributed by atoms with E-state index in [2.05, 4.69) is 127 Å². The molecule has 3 nitrogen and oxygen atoms in total. The topological polar surface area (TPSA) is 38.7 Å². The van der Waals surface area contributed by atoms with E-state index in [1.54, 1.807) is 0 Å². The van der Waals surface area contributed by atoms with Crippen LogP contribution in [0.2, 0.25) is 0 Å². The van der Waals surface area contributed by atoms with Gasteiger partial charge in [0.15, 0.2) is 17.5 Å². The van der Waals surface area contributed by atoms with E-state index >= 15 is 0 Å². The normalized spacial score (nSPS) is 13.0. The first-order valence-corrected chi connectivity index (χ1v) is 19.1. The van der Waals surface area contributed by atoms with Crippen LogP contribution in [0, 0.1) is 0 Å². The largest absolute Gasteiger partial charge is 0.208 e. The first-order valence-electron chi connectivity index (χ1n) is 18.3. The van der Waals surface area contributed by atoms with Crippen LogP contribution in [0.1, 0.15) is 22.3 Å². The molecule has 0 unspecified atom stereocenters. The Hall–Kier alpha value is -6.75. The van der Waals surface area contributed by atoms with Crippen LogP contribution in [0.25, 0.3) is 77.3 Å². The van der Waals surface area contributed by atoms with E-state index in [-0.39, 0.29) is 0 Å². The van der Waals surface area contributed by atoms with Crippen molar-refractivity contribution in [3.8, 4) is 77.3 Å². The van der Waals surface area contributed by atoms with Gasteiger partial charge in [0.25, 0.3) is 0 Å². The fourth-order valence-electron chi connectivity index (χ4n) is 8.71. The molecule has 54 heavy (non-hydrogen) atoms. The molecule has 9 aromatic rings. The summed E-state index contributed by atoms with van der Waals surface area (Å²) in [6.45, 7) is 0. The Bertz CT molecular complexity index is 2760. The molecule has 11 rings (SSSR count). The molecule has 0 bridgehead atoms. The fourth-order valence-corrected chi connectivity index (χ4v) is 10.1. The first kappa shape index (κ1) is 30.8. The number of hydrogen-bond donors (Lipinski definition) is 0. The molecule has 1 spiro atoms. The van der Waals surface area contributed by atoms with Gasteiger partial charge < -0.3 is 0 Å². The van der Waals surface area contributed by atoms with Crippen molar-refractivity contribution in [2.75, 3.05) is 0 Å². The zero-order valence-corrected chi connectivity index (χ0v) is 30.0. The van der Waals surface area contributed by atoms with Gasteiger partial charge >= 0.3 is 0 Å². The van der Waals surface area contributed by atoms with Crippen molar-refractivity contribution in [3.05, 3.63) is 210 Å². The molecule has 2 heterocycles. The molecule has 0 fully saturated rings. The van der Waals surface area contributed by atoms with E-state index in [9.17, 15) is 0 Å². The molecule has 0 saturated carbocycles. The van der Waals surface area contributed by atoms with Gasteiger partial charge in [-0.3, -0.25) is 0 Å². The summed E-state index contributed by atoms with van der Waals surface area (Å²) >= 11 is 1.90. The quantitative estimate of drug-likeness (QED) is 0.179. The Morgan fingerprint density at radius 2 is 0.667 bits per heavy atom. The van der Waals surface area contributed by atoms with Crippen LogP contribution in [-0.2, 0) is 5.41 Å². The van der Waals surface area contributed by atoms with Gasteiger partial charge in [0.1, 0.15) is 0 Å². The summed E-state index contributed by atoms with van der Waals surface area (Å²) < 4.78 is 0. The predicted octanol–water partition coefficient (Wildman–Crippen LogP) is 12.6. The Morgan fingerprint density at radius 1 is 0.315 bits per heavy atom. The van der Waals surface area contributed by atoms with Gasteiger partial charge in [0.05, 0.1) is 5.41 Å². The van der Waals surface area contributed by atoms with E-state index in [1.165, 1.54) is 65.4 Å². The molecule has 0 atom stereocenters. The summed E-state index contributed by atoms with van der Waals surface area (Å²) in [7, 11) is 0. The zero-order valence-electron chi connectivity index (χ0n) is 29.1. The van der Waals surface area contributed by atoms with Crippen LogP contribution in [0.5, 0.6) is 0 Å². The average molecular weight is 706 g/mol. The second-order valence-corrected chi connectivity index (χ2v) is 14.9. The number of nitrogens with zero attached hydrogens (tertiary/aromatic N) is 3. The molecule has 7 aromatic carbocycles. The monoisotopic (exact) mass is 705 g/mol. The summed E-state index contributed by atoms with van der Waals surface area (Å²) in [4.78, 5) is 17.5. The van der Waals surface area contributed by atoms with Crippen molar-refractivity contribution in [1.82, 2.24) is 15.0 Å². The molecule has 0 N–H and O–H groups in total. The van der Waals surface area contributed by atoms with Crippen molar-refractivity contribution in [3.63, 3.8) is 0 Å². The van der Waals surface area contributed by atoms with E-state index in [4.69, 9.17) is 15.0 Å². The SMILES string of the molecule is c1ccc(-c2nc(-c3ccccc3)nc(-c3ccc(-c4sc(-c5ccccc5)c5c4-c4ccccc4C54c5ccccc5-c5ccccc54)cc3)n2)cc1. The van der Waals surface area contributed by atoms with Crippen molar-refractivity contribution < 1.29 is 0 Å². The minimum Gasteiger partial charge on any atom is -0.208 e. The van der Waals surface area contributed by atoms with Crippen LogP contribution in [0.15, 0.2) is 188 Å². The van der Waals surface area contributed by atoms with E-state index in [0.717, 1.165) is 16.7 Å². The smallest absolute Gasteiger partial charge is 0.164 e. The van der Waals surface area contributed by atoms with Crippen molar-refractivity contribution in [1.29, 1.82) is 0 Å². The molecule has 2 aromatic heterocycles. The van der Waals surface area contributed by atoms with Gasteiger partial charge in [-0.15, -0.1) is 11.3 Å². The number of rotatable bonds is 5. The highest BCUT2D eigenvalue weighted by Crippen LogP contribution is 2.67. The second kappa shape index (κ2) is 12.2. The molecule has 0 radical (unpaired) electrons. The van der Waals surface area contributed by atoms with Crippen LogP contribution in [0.4, 0.5) is 0 Å². The maximum atomic E-state index is 5.00. The van der Waals surface area contributed by atoms with Gasteiger partial charge in [-0.1, -0.05) is 188 Å². The van der Waals surface area contributed by atoms with E-state index < -0.39 is 5.41 Å². The third kappa shape index (κ3) is 4.50. The highest BCUT2D eigenvalue weighted by molar-refractivity contribution is 7.19. The number of benzene rings is 7. The standard InChI is InChI=1S/C50H31N3S/c1-4-16-32(17-5-1)46-44-43(39-24-12-15-27-42(39)50(44)40-25-13-10-22-37(40)38-23-11-14-26-41(38)50)45(54-46)33-28-30-36(31-29-33)49-52-47(34-18-6-2-7-19-34)51-48(53-49)35-20-8-3-9-21-35/h1-31H. The Kier molecular flexibility index (Phi) is 6.94. The molecular weight excluding hydrogens is 675 g/mol. The Morgan fingerprint density at radius 3 is 1.17 bits per heavy atom. The van der Waals surface area contributed by atoms with Crippen LogP contribution in [0.3, 0.4) is 0 Å². The first-order chi connectivity index (χ1) is 26.8. The number of fused-ring (bicyclic) bond motifs is 10.